The molecule has 0 spiro atoms. The standard InChI is InChI=1S/C13H23BrN4S/c1-3-15-13-17-10-11(14)12(18-13)16-8-6-4-5-7-9-19-2/h10H,3-9H2,1-2H3,(H2,15,16,17,18). The Hall–Kier alpha value is -0.490. The van der Waals surface area contributed by atoms with Crippen molar-refractivity contribution in [2.45, 2.75) is 32.6 Å². The van der Waals surface area contributed by atoms with E-state index in [-0.39, 0.29) is 0 Å². The SMILES string of the molecule is CCNc1ncc(Br)c(NCCCCCCSC)n1. The van der Waals surface area contributed by atoms with Crippen molar-refractivity contribution in [3.05, 3.63) is 10.7 Å². The van der Waals surface area contributed by atoms with E-state index in [0.29, 0.717) is 5.95 Å². The minimum Gasteiger partial charge on any atom is -0.369 e. The van der Waals surface area contributed by atoms with Gasteiger partial charge in [0.1, 0.15) is 5.82 Å². The van der Waals surface area contributed by atoms with E-state index in [1.54, 1.807) is 6.20 Å². The maximum absolute atomic E-state index is 4.43. The van der Waals surface area contributed by atoms with Crippen molar-refractivity contribution in [2.75, 3.05) is 35.7 Å². The van der Waals surface area contributed by atoms with Crippen molar-refractivity contribution in [1.82, 2.24) is 9.97 Å². The third-order valence-corrected chi connectivity index (χ3v) is 3.92. The molecule has 1 heterocycles. The molecule has 0 aliphatic heterocycles. The Morgan fingerprint density at radius 1 is 1.21 bits per heavy atom. The second kappa shape index (κ2) is 10.3. The van der Waals surface area contributed by atoms with Gasteiger partial charge in [-0.25, -0.2) is 4.98 Å². The van der Waals surface area contributed by atoms with Crippen LogP contribution in [0.4, 0.5) is 11.8 Å². The normalized spacial score (nSPS) is 10.5. The summed E-state index contributed by atoms with van der Waals surface area (Å²) >= 11 is 5.39. The summed E-state index contributed by atoms with van der Waals surface area (Å²) in [5.41, 5.74) is 0. The van der Waals surface area contributed by atoms with E-state index >= 15 is 0 Å². The van der Waals surface area contributed by atoms with Gasteiger partial charge in [0.05, 0.1) is 4.47 Å². The number of aromatic nitrogens is 2. The topological polar surface area (TPSA) is 49.8 Å². The molecule has 1 rings (SSSR count). The van der Waals surface area contributed by atoms with Gasteiger partial charge in [0, 0.05) is 19.3 Å². The fraction of sp³-hybridized carbons (Fsp3) is 0.692. The van der Waals surface area contributed by atoms with Gasteiger partial charge in [-0.05, 0) is 47.7 Å². The van der Waals surface area contributed by atoms with Crippen molar-refractivity contribution in [3.8, 4) is 0 Å². The Kier molecular flexibility index (Phi) is 8.99. The van der Waals surface area contributed by atoms with Crippen LogP contribution < -0.4 is 10.6 Å². The molecule has 0 aromatic carbocycles. The van der Waals surface area contributed by atoms with Gasteiger partial charge in [-0.15, -0.1) is 0 Å². The lowest BCUT2D eigenvalue weighted by Gasteiger charge is -2.09. The lowest BCUT2D eigenvalue weighted by atomic mass is 10.2. The number of halogens is 1. The summed E-state index contributed by atoms with van der Waals surface area (Å²) in [6.07, 6.45) is 9.04. The summed E-state index contributed by atoms with van der Waals surface area (Å²) < 4.78 is 0.913. The quantitative estimate of drug-likeness (QED) is 0.627. The average Bonchev–Trinajstić information content (AvgIpc) is 2.41. The molecule has 4 nitrogen and oxygen atoms in total. The summed E-state index contributed by atoms with van der Waals surface area (Å²) in [5, 5.41) is 6.47. The Labute approximate surface area is 128 Å². The number of rotatable bonds is 10. The van der Waals surface area contributed by atoms with Crippen molar-refractivity contribution in [2.24, 2.45) is 0 Å². The zero-order valence-electron chi connectivity index (χ0n) is 11.7. The number of anilines is 2. The molecule has 0 saturated carbocycles. The van der Waals surface area contributed by atoms with Crippen LogP contribution >= 0.6 is 27.7 Å². The van der Waals surface area contributed by atoms with Crippen LogP contribution in [-0.4, -0.2) is 35.1 Å². The summed E-state index contributed by atoms with van der Waals surface area (Å²) in [6, 6.07) is 0. The Bertz CT molecular complexity index is 362. The predicted molar refractivity (Wildman–Crippen MR) is 89.2 cm³/mol. The van der Waals surface area contributed by atoms with Crippen LogP contribution in [0.1, 0.15) is 32.6 Å². The monoisotopic (exact) mass is 346 g/mol. The highest BCUT2D eigenvalue weighted by molar-refractivity contribution is 9.10. The fourth-order valence-electron chi connectivity index (χ4n) is 1.67. The largest absolute Gasteiger partial charge is 0.369 e. The van der Waals surface area contributed by atoms with Gasteiger partial charge in [0.2, 0.25) is 5.95 Å². The van der Waals surface area contributed by atoms with E-state index in [1.165, 1.54) is 31.4 Å². The lowest BCUT2D eigenvalue weighted by molar-refractivity contribution is 0.688. The third kappa shape index (κ3) is 7.01. The van der Waals surface area contributed by atoms with E-state index in [1.807, 2.05) is 18.7 Å². The van der Waals surface area contributed by atoms with Crippen LogP contribution in [0.3, 0.4) is 0 Å². The van der Waals surface area contributed by atoms with E-state index < -0.39 is 0 Å². The molecule has 2 N–H and O–H groups in total. The van der Waals surface area contributed by atoms with E-state index in [4.69, 9.17) is 0 Å². The van der Waals surface area contributed by atoms with Crippen LogP contribution in [0.2, 0.25) is 0 Å². The first-order valence-electron chi connectivity index (χ1n) is 6.77. The molecule has 108 valence electrons. The number of nitrogens with one attached hydrogen (secondary N) is 2. The highest BCUT2D eigenvalue weighted by atomic mass is 79.9. The number of hydrogen-bond acceptors (Lipinski definition) is 5. The number of nitrogens with zero attached hydrogens (tertiary/aromatic N) is 2. The maximum atomic E-state index is 4.43. The minimum atomic E-state index is 0.674. The van der Waals surface area contributed by atoms with Gasteiger partial charge in [-0.3, -0.25) is 0 Å². The molecule has 0 radical (unpaired) electrons. The molecule has 0 unspecified atom stereocenters. The summed E-state index contributed by atoms with van der Waals surface area (Å²) in [6.45, 7) is 3.82. The van der Waals surface area contributed by atoms with E-state index in [9.17, 15) is 0 Å². The smallest absolute Gasteiger partial charge is 0.224 e. The molecule has 19 heavy (non-hydrogen) atoms. The third-order valence-electron chi connectivity index (χ3n) is 2.65. The van der Waals surface area contributed by atoms with Gasteiger partial charge in [-0.2, -0.15) is 16.7 Å². The molecule has 0 bridgehead atoms. The molecule has 0 amide bonds. The van der Waals surface area contributed by atoms with Gasteiger partial charge in [0.25, 0.3) is 0 Å². The highest BCUT2D eigenvalue weighted by Crippen LogP contribution is 2.20. The molecule has 0 aliphatic rings. The molecule has 0 fully saturated rings. The lowest BCUT2D eigenvalue weighted by Crippen LogP contribution is -2.08. The zero-order valence-corrected chi connectivity index (χ0v) is 14.1. The molecule has 0 aliphatic carbocycles. The Morgan fingerprint density at radius 2 is 2.00 bits per heavy atom. The predicted octanol–water partition coefficient (Wildman–Crippen LogP) is 4.01. The van der Waals surface area contributed by atoms with E-state index in [0.717, 1.165) is 23.4 Å². The first-order chi connectivity index (χ1) is 9.27. The number of thioether (sulfide) groups is 1. The first-order valence-corrected chi connectivity index (χ1v) is 8.95. The van der Waals surface area contributed by atoms with Crippen LogP contribution in [0, 0.1) is 0 Å². The van der Waals surface area contributed by atoms with Crippen LogP contribution in [0.5, 0.6) is 0 Å². The van der Waals surface area contributed by atoms with E-state index in [2.05, 4.69) is 42.8 Å². The van der Waals surface area contributed by atoms with Crippen molar-refractivity contribution < 1.29 is 0 Å². The summed E-state index contributed by atoms with van der Waals surface area (Å²) in [4.78, 5) is 8.62. The molecular formula is C13H23BrN4S. The molecule has 1 aromatic rings. The van der Waals surface area contributed by atoms with Crippen LogP contribution in [0.25, 0.3) is 0 Å². The minimum absolute atomic E-state index is 0.674. The van der Waals surface area contributed by atoms with Gasteiger partial charge in [0.15, 0.2) is 0 Å². The number of unbranched alkanes of at least 4 members (excludes halogenated alkanes) is 3. The molecule has 6 heteroatoms. The van der Waals surface area contributed by atoms with Crippen molar-refractivity contribution in [1.29, 1.82) is 0 Å². The highest BCUT2D eigenvalue weighted by Gasteiger charge is 2.03. The summed E-state index contributed by atoms with van der Waals surface area (Å²) in [7, 11) is 0. The Morgan fingerprint density at radius 3 is 2.74 bits per heavy atom. The zero-order chi connectivity index (χ0) is 13.9. The van der Waals surface area contributed by atoms with Crippen molar-refractivity contribution in [3.63, 3.8) is 0 Å². The van der Waals surface area contributed by atoms with Gasteiger partial charge in [-0.1, -0.05) is 12.8 Å². The number of hydrogen-bond donors (Lipinski definition) is 2. The fourth-order valence-corrected chi connectivity index (χ4v) is 2.49. The average molecular weight is 347 g/mol. The second-order valence-corrected chi connectivity index (χ2v) is 6.09. The van der Waals surface area contributed by atoms with Crippen molar-refractivity contribution >= 4 is 39.5 Å². The first kappa shape index (κ1) is 16.6. The molecular weight excluding hydrogens is 324 g/mol. The molecule has 0 saturated heterocycles. The van der Waals surface area contributed by atoms with Crippen LogP contribution in [0.15, 0.2) is 10.7 Å². The summed E-state index contributed by atoms with van der Waals surface area (Å²) in [5.74, 6) is 2.82. The maximum Gasteiger partial charge on any atom is 0.224 e. The van der Waals surface area contributed by atoms with Crippen LogP contribution in [-0.2, 0) is 0 Å². The Balaban J connectivity index is 2.26. The van der Waals surface area contributed by atoms with Gasteiger partial charge < -0.3 is 10.6 Å². The molecule has 1 aromatic heterocycles. The van der Waals surface area contributed by atoms with Gasteiger partial charge >= 0.3 is 0 Å². The second-order valence-electron chi connectivity index (χ2n) is 4.25. The molecule has 0 atom stereocenters.